The third-order valence-electron chi connectivity index (χ3n) is 4.71. The highest BCUT2D eigenvalue weighted by Crippen LogP contribution is 2.34. The first kappa shape index (κ1) is 31.3. The quantitative estimate of drug-likeness (QED) is 0.0863. The Hall–Kier alpha value is -1.69. The summed E-state index contributed by atoms with van der Waals surface area (Å²) in [7, 11) is 1.46. The van der Waals surface area contributed by atoms with Gasteiger partial charge in [-0.2, -0.15) is 0 Å². The molecule has 35 heavy (non-hydrogen) atoms. The molecule has 0 amide bonds. The summed E-state index contributed by atoms with van der Waals surface area (Å²) in [5.41, 5.74) is 0.132. The first-order valence-corrected chi connectivity index (χ1v) is 12.4. The van der Waals surface area contributed by atoms with Gasteiger partial charge in [-0.1, -0.05) is 12.8 Å². The van der Waals surface area contributed by atoms with Crippen molar-refractivity contribution in [2.45, 2.75) is 25.7 Å². The van der Waals surface area contributed by atoms with Crippen molar-refractivity contribution in [3.05, 3.63) is 34.7 Å². The summed E-state index contributed by atoms with van der Waals surface area (Å²) >= 11 is 5.63. The molecular formula is C24H39ClNO9. The molecule has 1 rings (SSSR count). The van der Waals surface area contributed by atoms with Crippen molar-refractivity contribution in [3.8, 4) is 11.5 Å². The van der Waals surface area contributed by atoms with Crippen LogP contribution in [0.3, 0.4) is 0 Å². The van der Waals surface area contributed by atoms with Crippen molar-refractivity contribution in [2.24, 2.45) is 0 Å². The molecule has 0 saturated carbocycles. The number of alkyl halides is 1. The molecule has 0 aliphatic carbocycles. The van der Waals surface area contributed by atoms with Crippen LogP contribution < -0.4 is 9.47 Å². The van der Waals surface area contributed by atoms with Gasteiger partial charge in [0.25, 0.3) is 5.69 Å². The van der Waals surface area contributed by atoms with Gasteiger partial charge in [-0.3, -0.25) is 10.1 Å². The molecule has 0 spiro atoms. The van der Waals surface area contributed by atoms with E-state index in [4.69, 9.17) is 44.8 Å². The van der Waals surface area contributed by atoms with Crippen LogP contribution in [0, 0.1) is 17.0 Å². The minimum absolute atomic E-state index is 0.127. The number of nitrogens with zero attached hydrogens (tertiary/aromatic N) is 1. The monoisotopic (exact) mass is 520 g/mol. The van der Waals surface area contributed by atoms with E-state index in [0.717, 1.165) is 38.2 Å². The number of benzene rings is 1. The molecule has 0 N–H and O–H groups in total. The van der Waals surface area contributed by atoms with E-state index in [0.29, 0.717) is 65.2 Å². The number of methoxy groups -OCH3 is 1. The second-order valence-electron chi connectivity index (χ2n) is 7.40. The van der Waals surface area contributed by atoms with Crippen molar-refractivity contribution in [1.82, 2.24) is 0 Å². The summed E-state index contributed by atoms with van der Waals surface area (Å²) in [5.74, 6) is 1.39. The first-order chi connectivity index (χ1) is 17.1. The number of hydrogen-bond donors (Lipinski definition) is 0. The zero-order valence-corrected chi connectivity index (χ0v) is 21.4. The van der Waals surface area contributed by atoms with Crippen molar-refractivity contribution in [2.75, 3.05) is 85.7 Å². The molecule has 11 heteroatoms. The third kappa shape index (κ3) is 15.8. The van der Waals surface area contributed by atoms with Gasteiger partial charge in [0.15, 0.2) is 11.5 Å². The molecule has 0 saturated heterocycles. The van der Waals surface area contributed by atoms with Crippen LogP contribution in [0.5, 0.6) is 11.5 Å². The van der Waals surface area contributed by atoms with Gasteiger partial charge in [-0.25, -0.2) is 0 Å². The van der Waals surface area contributed by atoms with E-state index in [2.05, 4.69) is 6.92 Å². The lowest BCUT2D eigenvalue weighted by atomic mass is 10.2. The number of hydrogen-bond acceptors (Lipinski definition) is 9. The van der Waals surface area contributed by atoms with E-state index in [1.54, 1.807) is 0 Å². The van der Waals surface area contributed by atoms with Crippen LogP contribution in [0.2, 0.25) is 0 Å². The maximum Gasteiger partial charge on any atom is 0.276 e. The highest BCUT2D eigenvalue weighted by atomic mass is 35.5. The molecule has 0 aliphatic heterocycles. The molecule has 0 fully saturated rings. The molecule has 1 aromatic carbocycles. The molecule has 1 aromatic rings. The van der Waals surface area contributed by atoms with Gasteiger partial charge in [0, 0.05) is 18.1 Å². The molecule has 10 nitrogen and oxygen atoms in total. The maximum absolute atomic E-state index is 11.0. The Balaban J connectivity index is 1.89. The Morgan fingerprint density at radius 3 is 1.71 bits per heavy atom. The molecule has 0 heterocycles. The van der Waals surface area contributed by atoms with Crippen LogP contribution in [0.25, 0.3) is 0 Å². The lowest BCUT2D eigenvalue weighted by molar-refractivity contribution is -0.385. The van der Waals surface area contributed by atoms with Crippen LogP contribution in [0.1, 0.15) is 31.2 Å². The predicted molar refractivity (Wildman–Crippen MR) is 133 cm³/mol. The second kappa shape index (κ2) is 21.6. The van der Waals surface area contributed by atoms with Crippen LogP contribution >= 0.6 is 11.6 Å². The van der Waals surface area contributed by atoms with Gasteiger partial charge in [0.1, 0.15) is 6.61 Å². The van der Waals surface area contributed by atoms with Gasteiger partial charge in [0.05, 0.1) is 77.6 Å². The highest BCUT2D eigenvalue weighted by Gasteiger charge is 2.17. The maximum atomic E-state index is 11.0. The number of unbranched alkanes of at least 4 members (excludes halogenated alkanes) is 3. The lowest BCUT2D eigenvalue weighted by Crippen LogP contribution is -2.14. The van der Waals surface area contributed by atoms with E-state index < -0.39 is 4.92 Å². The third-order valence-corrected chi connectivity index (χ3v) is 4.97. The fourth-order valence-corrected chi connectivity index (χ4v) is 3.07. The van der Waals surface area contributed by atoms with Crippen molar-refractivity contribution >= 4 is 17.3 Å². The number of nitro benzene ring substituents is 1. The molecule has 0 bridgehead atoms. The summed E-state index contributed by atoms with van der Waals surface area (Å²) in [6.45, 7) is 8.88. The van der Waals surface area contributed by atoms with E-state index >= 15 is 0 Å². The Morgan fingerprint density at radius 1 is 0.743 bits per heavy atom. The Kier molecular flexibility index (Phi) is 19.3. The number of nitro groups is 1. The van der Waals surface area contributed by atoms with Gasteiger partial charge < -0.3 is 33.2 Å². The summed E-state index contributed by atoms with van der Waals surface area (Å²) in [6.07, 6.45) is 4.44. The second-order valence-corrected chi connectivity index (χ2v) is 7.78. The van der Waals surface area contributed by atoms with Crippen LogP contribution in [0.4, 0.5) is 5.69 Å². The van der Waals surface area contributed by atoms with Crippen LogP contribution in [-0.4, -0.2) is 90.6 Å². The normalized spacial score (nSPS) is 11.1. The van der Waals surface area contributed by atoms with Crippen LogP contribution in [0.15, 0.2) is 12.1 Å². The standard InChI is InChI=1S/C24H39ClNO9/c1-21-19-23(29-2)24(20-22(21)26(27)28)35-18-17-34-16-15-33-14-13-32-12-11-31-10-9-30-8-6-4-3-5-7-25/h19-20H,1,3-18H2,2H3. The average Bonchev–Trinajstić information content (AvgIpc) is 2.85. The minimum Gasteiger partial charge on any atom is -0.493 e. The van der Waals surface area contributed by atoms with Gasteiger partial charge in [-0.15, -0.1) is 11.6 Å². The number of ether oxygens (including phenoxy) is 7. The highest BCUT2D eigenvalue weighted by molar-refractivity contribution is 6.17. The van der Waals surface area contributed by atoms with E-state index in [9.17, 15) is 10.1 Å². The molecule has 0 atom stereocenters. The van der Waals surface area contributed by atoms with E-state index in [1.807, 2.05) is 0 Å². The van der Waals surface area contributed by atoms with Crippen LogP contribution in [-0.2, 0) is 23.7 Å². The first-order valence-electron chi connectivity index (χ1n) is 11.9. The molecular weight excluding hydrogens is 482 g/mol. The molecule has 0 aromatic heterocycles. The summed E-state index contributed by atoms with van der Waals surface area (Å²) in [5, 5.41) is 11.0. The average molecular weight is 521 g/mol. The Bertz CT molecular complexity index is 679. The topological polar surface area (TPSA) is 108 Å². The number of halogens is 1. The Labute approximate surface area is 213 Å². The summed E-state index contributed by atoms with van der Waals surface area (Å²) < 4.78 is 38.0. The molecule has 201 valence electrons. The largest absolute Gasteiger partial charge is 0.493 e. The predicted octanol–water partition coefficient (Wildman–Crippen LogP) is 4.05. The number of rotatable bonds is 24. The SMILES string of the molecule is [CH2]c1cc(OC)c(OCCOCCOCCOCCOCCOCCCCCCCl)cc1[N+](=O)[O-]. The summed E-state index contributed by atoms with van der Waals surface area (Å²) in [4.78, 5) is 10.5. The van der Waals surface area contributed by atoms with Crippen molar-refractivity contribution in [3.63, 3.8) is 0 Å². The van der Waals surface area contributed by atoms with Crippen molar-refractivity contribution in [1.29, 1.82) is 0 Å². The van der Waals surface area contributed by atoms with Gasteiger partial charge in [-0.05, 0) is 25.8 Å². The fourth-order valence-electron chi connectivity index (χ4n) is 2.88. The Morgan fingerprint density at radius 2 is 1.23 bits per heavy atom. The molecule has 0 aliphatic rings. The fraction of sp³-hybridized carbons (Fsp3) is 0.708. The molecule has 1 radical (unpaired) electrons. The van der Waals surface area contributed by atoms with E-state index in [1.165, 1.54) is 19.2 Å². The van der Waals surface area contributed by atoms with Crippen molar-refractivity contribution < 1.29 is 38.1 Å². The minimum atomic E-state index is -0.511. The zero-order valence-electron chi connectivity index (χ0n) is 20.7. The lowest BCUT2D eigenvalue weighted by Gasteiger charge is -2.12. The summed E-state index contributed by atoms with van der Waals surface area (Å²) in [6, 6.07) is 2.77. The smallest absolute Gasteiger partial charge is 0.276 e. The van der Waals surface area contributed by atoms with E-state index in [-0.39, 0.29) is 23.6 Å². The van der Waals surface area contributed by atoms with Gasteiger partial charge >= 0.3 is 0 Å². The zero-order chi connectivity index (χ0) is 25.6. The molecule has 0 unspecified atom stereocenters. The van der Waals surface area contributed by atoms with Gasteiger partial charge in [0.2, 0.25) is 0 Å².